The Morgan fingerprint density at radius 2 is 1.26 bits per heavy atom. The highest BCUT2D eigenvalue weighted by Gasteiger charge is 2.15. The van der Waals surface area contributed by atoms with E-state index in [1.807, 2.05) is 0 Å². The van der Waals surface area contributed by atoms with Crippen molar-refractivity contribution in [1.29, 1.82) is 0 Å². The summed E-state index contributed by atoms with van der Waals surface area (Å²) < 4.78 is 0. The molecule has 0 saturated heterocycles. The lowest BCUT2D eigenvalue weighted by atomic mass is 10.0. The van der Waals surface area contributed by atoms with Gasteiger partial charge in [-0.3, -0.25) is 0 Å². The SMILES string of the molecule is C1=C(C=[Si](c2ccccc2)c2ccccc2)Cc2ccc3ccccc3c21. The van der Waals surface area contributed by atoms with Gasteiger partial charge in [-0.15, -0.1) is 0 Å². The molecule has 1 aliphatic carbocycles. The van der Waals surface area contributed by atoms with Crippen molar-refractivity contribution in [2.45, 2.75) is 6.42 Å². The fourth-order valence-electron chi connectivity index (χ4n) is 3.97. The van der Waals surface area contributed by atoms with Crippen LogP contribution in [0, 0.1) is 0 Å². The third kappa shape index (κ3) is 3.11. The normalized spacial score (nSPS) is 12.5. The van der Waals surface area contributed by atoms with Gasteiger partial charge in [-0.2, -0.15) is 0 Å². The molecule has 0 spiro atoms. The first kappa shape index (κ1) is 16.2. The molecule has 0 fully saturated rings. The van der Waals surface area contributed by atoms with Crippen LogP contribution >= 0.6 is 0 Å². The zero-order valence-corrected chi connectivity index (χ0v) is 16.1. The number of rotatable bonds is 3. The van der Waals surface area contributed by atoms with Crippen LogP contribution in [0.2, 0.25) is 0 Å². The van der Waals surface area contributed by atoms with Crippen LogP contribution in [0.15, 0.2) is 103 Å². The summed E-state index contributed by atoms with van der Waals surface area (Å²) >= 11 is 0. The van der Waals surface area contributed by atoms with Gasteiger partial charge in [-0.1, -0.05) is 109 Å². The topological polar surface area (TPSA) is 0 Å². The van der Waals surface area contributed by atoms with E-state index in [4.69, 9.17) is 0 Å². The second-order valence-corrected chi connectivity index (χ2v) is 9.32. The Morgan fingerprint density at radius 3 is 1.96 bits per heavy atom. The van der Waals surface area contributed by atoms with Crippen molar-refractivity contribution >= 4 is 41.3 Å². The van der Waals surface area contributed by atoms with E-state index in [0.29, 0.717) is 0 Å². The lowest BCUT2D eigenvalue weighted by Crippen LogP contribution is -2.36. The largest absolute Gasteiger partial charge is 0.0803 e. The Kier molecular flexibility index (Phi) is 4.15. The quantitative estimate of drug-likeness (QED) is 0.473. The van der Waals surface area contributed by atoms with E-state index < -0.39 is 8.41 Å². The summed E-state index contributed by atoms with van der Waals surface area (Å²) in [5, 5.41) is 5.57. The Labute approximate surface area is 161 Å². The maximum atomic E-state index is 2.55. The summed E-state index contributed by atoms with van der Waals surface area (Å²) in [6.07, 6.45) is 3.45. The Morgan fingerprint density at radius 1 is 0.630 bits per heavy atom. The first-order chi connectivity index (χ1) is 13.4. The molecule has 1 aliphatic rings. The summed E-state index contributed by atoms with van der Waals surface area (Å²) in [5.74, 6) is 0. The Balaban J connectivity index is 1.64. The van der Waals surface area contributed by atoms with Crippen LogP contribution in [0.4, 0.5) is 0 Å². The molecule has 0 radical (unpaired) electrons. The minimum absolute atomic E-state index is 0.946. The predicted octanol–water partition coefficient (Wildman–Crippen LogP) is 4.47. The maximum absolute atomic E-state index is 2.55. The monoisotopic (exact) mass is 360 g/mol. The molecule has 1 heteroatoms. The molecule has 0 nitrogen and oxygen atoms in total. The minimum Gasteiger partial charge on any atom is -0.0696 e. The van der Waals surface area contributed by atoms with Gasteiger partial charge in [0.15, 0.2) is 0 Å². The molecule has 0 amide bonds. The summed E-state index contributed by atoms with van der Waals surface area (Å²) in [4.78, 5) is 0. The van der Waals surface area contributed by atoms with Gasteiger partial charge in [-0.25, -0.2) is 0 Å². The van der Waals surface area contributed by atoms with Crippen LogP contribution in [0.25, 0.3) is 16.8 Å². The molecule has 5 rings (SSSR count). The molecule has 4 aromatic rings. The number of fused-ring (bicyclic) bond motifs is 3. The zero-order valence-electron chi connectivity index (χ0n) is 15.1. The van der Waals surface area contributed by atoms with Gasteiger partial charge < -0.3 is 0 Å². The van der Waals surface area contributed by atoms with Gasteiger partial charge in [0.25, 0.3) is 0 Å². The Hall–Kier alpha value is -3.03. The first-order valence-electron chi connectivity index (χ1n) is 9.42. The van der Waals surface area contributed by atoms with Gasteiger partial charge in [-0.05, 0) is 44.3 Å². The van der Waals surface area contributed by atoms with Crippen molar-refractivity contribution in [2.24, 2.45) is 0 Å². The van der Waals surface area contributed by atoms with Crippen LogP contribution in [0.5, 0.6) is 0 Å². The van der Waals surface area contributed by atoms with Gasteiger partial charge in [0.2, 0.25) is 0 Å². The molecule has 0 N–H and O–H groups in total. The molecule has 0 bridgehead atoms. The first-order valence-corrected chi connectivity index (χ1v) is 11.0. The predicted molar refractivity (Wildman–Crippen MR) is 120 cm³/mol. The summed E-state index contributed by atoms with van der Waals surface area (Å²) in [6.45, 7) is 0. The van der Waals surface area contributed by atoms with E-state index in [-0.39, 0.29) is 0 Å². The molecule has 0 aromatic heterocycles. The minimum atomic E-state index is -0.946. The van der Waals surface area contributed by atoms with E-state index >= 15 is 0 Å². The van der Waals surface area contributed by atoms with Gasteiger partial charge in [0.1, 0.15) is 0 Å². The number of benzene rings is 4. The highest BCUT2D eigenvalue weighted by atomic mass is 28.2. The smallest absolute Gasteiger partial charge is 0.0696 e. The molecule has 128 valence electrons. The van der Waals surface area contributed by atoms with Crippen molar-refractivity contribution in [1.82, 2.24) is 0 Å². The maximum Gasteiger partial charge on any atom is 0.0803 e. The van der Waals surface area contributed by atoms with Crippen LogP contribution in [0.3, 0.4) is 0 Å². The molecule has 0 atom stereocenters. The van der Waals surface area contributed by atoms with Crippen molar-refractivity contribution in [2.75, 3.05) is 0 Å². The number of hydrogen-bond donors (Lipinski definition) is 0. The zero-order chi connectivity index (χ0) is 18.1. The summed E-state index contributed by atoms with van der Waals surface area (Å²) in [7, 11) is -0.946. The third-order valence-electron chi connectivity index (χ3n) is 5.28. The van der Waals surface area contributed by atoms with Crippen molar-refractivity contribution in [3.63, 3.8) is 0 Å². The van der Waals surface area contributed by atoms with Crippen LogP contribution in [-0.2, 0) is 6.42 Å². The second-order valence-electron chi connectivity index (χ2n) is 7.05. The van der Waals surface area contributed by atoms with Crippen LogP contribution in [-0.4, -0.2) is 14.1 Å². The molecule has 0 heterocycles. The fraction of sp³-hybridized carbons (Fsp3) is 0.0385. The van der Waals surface area contributed by atoms with Gasteiger partial charge in [0.05, 0.1) is 8.41 Å². The van der Waals surface area contributed by atoms with Gasteiger partial charge >= 0.3 is 0 Å². The lowest BCUT2D eigenvalue weighted by Gasteiger charge is -2.08. The molecule has 0 aliphatic heterocycles. The molecule has 0 saturated carbocycles. The summed E-state index contributed by atoms with van der Waals surface area (Å²) in [5.41, 5.74) is 6.84. The van der Waals surface area contributed by atoms with E-state index in [1.165, 1.54) is 37.8 Å². The molecular weight excluding hydrogens is 340 g/mol. The number of allylic oxidation sites excluding steroid dienone is 1. The molecule has 27 heavy (non-hydrogen) atoms. The average molecular weight is 361 g/mol. The summed E-state index contributed by atoms with van der Waals surface area (Å²) in [6, 6.07) is 35.2. The fourth-order valence-corrected chi connectivity index (χ4v) is 6.29. The highest BCUT2D eigenvalue weighted by molar-refractivity contribution is 6.90. The molecular formula is C26H20Si. The van der Waals surface area contributed by atoms with Crippen molar-refractivity contribution < 1.29 is 0 Å². The van der Waals surface area contributed by atoms with E-state index in [1.54, 1.807) is 0 Å². The van der Waals surface area contributed by atoms with Crippen molar-refractivity contribution in [3.8, 4) is 0 Å². The molecule has 0 unspecified atom stereocenters. The van der Waals surface area contributed by atoms with E-state index in [2.05, 4.69) is 109 Å². The molecule has 4 aromatic carbocycles. The highest BCUT2D eigenvalue weighted by Crippen LogP contribution is 2.31. The Bertz CT molecular complexity index is 1130. The second kappa shape index (κ2) is 6.94. The van der Waals surface area contributed by atoms with E-state index in [0.717, 1.165) is 6.42 Å². The lowest BCUT2D eigenvalue weighted by molar-refractivity contribution is 1.29. The number of hydrogen-bond acceptors (Lipinski definition) is 0. The van der Waals surface area contributed by atoms with Crippen LogP contribution < -0.4 is 10.4 Å². The van der Waals surface area contributed by atoms with Crippen molar-refractivity contribution in [3.05, 3.63) is 114 Å². The van der Waals surface area contributed by atoms with Gasteiger partial charge in [0, 0.05) is 0 Å². The van der Waals surface area contributed by atoms with E-state index in [9.17, 15) is 0 Å². The average Bonchev–Trinajstić information content (AvgIpc) is 3.17. The third-order valence-corrected chi connectivity index (χ3v) is 7.85. The standard InChI is InChI=1S/C26H20Si/c1-3-10-23(11-4-1)27(24-12-5-2-6-13-24)19-20-17-22-16-15-21-9-7-8-14-25(21)26(22)18-20/h1-16,18-19H,17H2. The van der Waals surface area contributed by atoms with Crippen LogP contribution in [0.1, 0.15) is 11.1 Å².